The lowest BCUT2D eigenvalue weighted by molar-refractivity contribution is 0.573. The summed E-state index contributed by atoms with van der Waals surface area (Å²) in [5.74, 6) is 1.29. The average molecular weight is 369 g/mol. The normalized spacial score (nSPS) is 11.1. The van der Waals surface area contributed by atoms with Crippen LogP contribution in [0.3, 0.4) is 0 Å². The molecule has 0 fully saturated rings. The Morgan fingerprint density at radius 1 is 1.20 bits per heavy atom. The first-order chi connectivity index (χ1) is 12.3. The number of nitrogens with zero attached hydrogens (tertiary/aromatic N) is 5. The molecule has 1 aromatic carbocycles. The Bertz CT molecular complexity index is 944. The van der Waals surface area contributed by atoms with Crippen molar-refractivity contribution in [2.45, 2.75) is 24.4 Å². The van der Waals surface area contributed by atoms with E-state index in [0.29, 0.717) is 18.2 Å². The van der Waals surface area contributed by atoms with E-state index in [4.69, 9.17) is 4.42 Å². The predicted octanol–water partition coefficient (Wildman–Crippen LogP) is 4.04. The van der Waals surface area contributed by atoms with E-state index in [0.717, 1.165) is 16.4 Å². The molecular weight excluding hydrogens is 354 g/mol. The monoisotopic (exact) mass is 369 g/mol. The first kappa shape index (κ1) is 16.0. The molecule has 0 spiro atoms. The van der Waals surface area contributed by atoms with Gasteiger partial charge in [0.25, 0.3) is 0 Å². The van der Waals surface area contributed by atoms with Crippen LogP contribution in [0.4, 0.5) is 0 Å². The second kappa shape index (κ2) is 7.20. The molecule has 0 aliphatic rings. The van der Waals surface area contributed by atoms with Gasteiger partial charge >= 0.3 is 0 Å². The highest BCUT2D eigenvalue weighted by Gasteiger charge is 2.11. The summed E-state index contributed by atoms with van der Waals surface area (Å²) in [5, 5.41) is 14.8. The van der Waals surface area contributed by atoms with E-state index in [-0.39, 0.29) is 0 Å². The SMILES string of the molecule is Cc1ccc(-c2nc(CSc3nnnn3Cc3cccs3)co2)cc1. The number of rotatable bonds is 6. The highest BCUT2D eigenvalue weighted by atomic mass is 32.2. The van der Waals surface area contributed by atoms with E-state index in [1.165, 1.54) is 10.4 Å². The van der Waals surface area contributed by atoms with Gasteiger partial charge in [-0.05, 0) is 40.9 Å². The summed E-state index contributed by atoms with van der Waals surface area (Å²) in [6, 6.07) is 12.2. The molecule has 0 aliphatic heterocycles. The van der Waals surface area contributed by atoms with Crippen molar-refractivity contribution in [1.29, 1.82) is 0 Å². The Kier molecular flexibility index (Phi) is 4.62. The summed E-state index contributed by atoms with van der Waals surface area (Å²) < 4.78 is 7.40. The van der Waals surface area contributed by atoms with Gasteiger partial charge in [-0.25, -0.2) is 9.67 Å². The van der Waals surface area contributed by atoms with Crippen LogP contribution < -0.4 is 0 Å². The maximum Gasteiger partial charge on any atom is 0.226 e. The second-order valence-corrected chi connectivity index (χ2v) is 7.47. The number of hydrogen-bond acceptors (Lipinski definition) is 7. The first-order valence-corrected chi connectivity index (χ1v) is 9.57. The van der Waals surface area contributed by atoms with Crippen LogP contribution in [0.2, 0.25) is 0 Å². The fraction of sp³-hybridized carbons (Fsp3) is 0.176. The average Bonchev–Trinajstić information content (AvgIpc) is 3.36. The molecule has 126 valence electrons. The maximum absolute atomic E-state index is 5.59. The van der Waals surface area contributed by atoms with E-state index in [1.807, 2.05) is 30.3 Å². The van der Waals surface area contributed by atoms with Crippen molar-refractivity contribution in [1.82, 2.24) is 25.2 Å². The lowest BCUT2D eigenvalue weighted by Crippen LogP contribution is -2.02. The highest BCUT2D eigenvalue weighted by molar-refractivity contribution is 7.98. The summed E-state index contributed by atoms with van der Waals surface area (Å²) in [4.78, 5) is 5.77. The zero-order valence-corrected chi connectivity index (χ0v) is 15.1. The van der Waals surface area contributed by atoms with Gasteiger partial charge in [0.2, 0.25) is 11.0 Å². The molecule has 0 saturated heterocycles. The van der Waals surface area contributed by atoms with Crippen molar-refractivity contribution in [2.75, 3.05) is 0 Å². The van der Waals surface area contributed by atoms with Crippen molar-refractivity contribution in [3.8, 4) is 11.5 Å². The third-order valence-corrected chi connectivity index (χ3v) is 5.44. The number of thioether (sulfide) groups is 1. The molecular formula is C17H15N5OS2. The molecule has 0 bridgehead atoms. The topological polar surface area (TPSA) is 69.6 Å². The van der Waals surface area contributed by atoms with Crippen molar-refractivity contribution in [3.63, 3.8) is 0 Å². The van der Waals surface area contributed by atoms with E-state index in [9.17, 15) is 0 Å². The lowest BCUT2D eigenvalue weighted by Gasteiger charge is -2.01. The van der Waals surface area contributed by atoms with Crippen LogP contribution in [-0.2, 0) is 12.3 Å². The first-order valence-electron chi connectivity index (χ1n) is 7.71. The van der Waals surface area contributed by atoms with Gasteiger partial charge in [0.1, 0.15) is 6.26 Å². The fourth-order valence-corrected chi connectivity index (χ4v) is 3.73. The third kappa shape index (κ3) is 3.80. The van der Waals surface area contributed by atoms with Crippen LogP contribution in [0, 0.1) is 6.92 Å². The number of thiophene rings is 1. The summed E-state index contributed by atoms with van der Waals surface area (Å²) >= 11 is 3.24. The number of aromatic nitrogens is 5. The molecule has 0 saturated carbocycles. The zero-order valence-electron chi connectivity index (χ0n) is 13.5. The van der Waals surface area contributed by atoms with Crippen LogP contribution in [-0.4, -0.2) is 25.2 Å². The molecule has 3 heterocycles. The minimum atomic E-state index is 0.633. The van der Waals surface area contributed by atoms with Gasteiger partial charge in [-0.15, -0.1) is 16.4 Å². The lowest BCUT2D eigenvalue weighted by atomic mass is 10.1. The molecule has 6 nitrogen and oxygen atoms in total. The quantitative estimate of drug-likeness (QED) is 0.478. The van der Waals surface area contributed by atoms with Crippen LogP contribution >= 0.6 is 23.1 Å². The molecule has 0 atom stereocenters. The number of oxazole rings is 1. The van der Waals surface area contributed by atoms with Crippen LogP contribution in [0.15, 0.2) is 57.6 Å². The molecule has 0 N–H and O–H groups in total. The smallest absolute Gasteiger partial charge is 0.226 e. The molecule has 0 amide bonds. The zero-order chi connectivity index (χ0) is 17.1. The number of aryl methyl sites for hydroxylation is 1. The fourth-order valence-electron chi connectivity index (χ4n) is 2.29. The van der Waals surface area contributed by atoms with Gasteiger partial charge in [-0.2, -0.15) is 0 Å². The Labute approximate surface area is 152 Å². The molecule has 0 unspecified atom stereocenters. The number of tetrazole rings is 1. The van der Waals surface area contributed by atoms with Gasteiger partial charge < -0.3 is 4.42 Å². The predicted molar refractivity (Wildman–Crippen MR) is 97.5 cm³/mol. The Hall–Kier alpha value is -2.45. The van der Waals surface area contributed by atoms with Crippen molar-refractivity contribution >= 4 is 23.1 Å². The number of benzene rings is 1. The molecule has 0 radical (unpaired) electrons. The third-order valence-electron chi connectivity index (χ3n) is 3.58. The van der Waals surface area contributed by atoms with Crippen LogP contribution in [0.5, 0.6) is 0 Å². The summed E-state index contributed by atoms with van der Waals surface area (Å²) in [6.45, 7) is 2.74. The summed E-state index contributed by atoms with van der Waals surface area (Å²) in [7, 11) is 0. The van der Waals surface area contributed by atoms with E-state index < -0.39 is 0 Å². The minimum Gasteiger partial charge on any atom is -0.444 e. The largest absolute Gasteiger partial charge is 0.444 e. The standard InChI is InChI=1S/C17H15N5OS2/c1-12-4-6-13(7-5-12)16-18-14(10-23-16)11-25-17-19-20-21-22(17)9-15-3-2-8-24-15/h2-8,10H,9,11H2,1H3. The van der Waals surface area contributed by atoms with Gasteiger partial charge in [0.05, 0.1) is 12.2 Å². The Morgan fingerprint density at radius 3 is 2.88 bits per heavy atom. The van der Waals surface area contributed by atoms with Gasteiger partial charge in [0, 0.05) is 16.2 Å². The summed E-state index contributed by atoms with van der Waals surface area (Å²) in [5.41, 5.74) is 3.05. The molecule has 4 aromatic rings. The van der Waals surface area contributed by atoms with E-state index >= 15 is 0 Å². The van der Waals surface area contributed by atoms with Crippen molar-refractivity contribution in [3.05, 3.63) is 64.2 Å². The van der Waals surface area contributed by atoms with Crippen molar-refractivity contribution < 1.29 is 4.42 Å². The minimum absolute atomic E-state index is 0.633. The second-order valence-electron chi connectivity index (χ2n) is 5.50. The molecule has 0 aliphatic carbocycles. The molecule has 3 aromatic heterocycles. The molecule has 8 heteroatoms. The Balaban J connectivity index is 1.42. The van der Waals surface area contributed by atoms with E-state index in [1.54, 1.807) is 34.0 Å². The van der Waals surface area contributed by atoms with Gasteiger partial charge in [-0.3, -0.25) is 0 Å². The highest BCUT2D eigenvalue weighted by Crippen LogP contribution is 2.24. The van der Waals surface area contributed by atoms with Crippen molar-refractivity contribution in [2.24, 2.45) is 0 Å². The summed E-state index contributed by atoms with van der Waals surface area (Å²) in [6.07, 6.45) is 1.69. The van der Waals surface area contributed by atoms with Gasteiger partial charge in [-0.1, -0.05) is 35.5 Å². The number of hydrogen-bond donors (Lipinski definition) is 0. The molecule has 25 heavy (non-hydrogen) atoms. The van der Waals surface area contributed by atoms with Crippen LogP contribution in [0.25, 0.3) is 11.5 Å². The van der Waals surface area contributed by atoms with Crippen LogP contribution in [0.1, 0.15) is 16.1 Å². The maximum atomic E-state index is 5.59. The molecule has 4 rings (SSSR count). The van der Waals surface area contributed by atoms with E-state index in [2.05, 4.69) is 38.9 Å². The Morgan fingerprint density at radius 2 is 2.08 bits per heavy atom. The van der Waals surface area contributed by atoms with Gasteiger partial charge in [0.15, 0.2) is 0 Å².